The first-order valence-corrected chi connectivity index (χ1v) is 10.2. The molecule has 0 saturated carbocycles. The fourth-order valence-electron chi connectivity index (χ4n) is 3.05. The smallest absolute Gasteiger partial charge is 0.248 e. The van der Waals surface area contributed by atoms with Crippen LogP contribution in [0.3, 0.4) is 0 Å². The van der Waals surface area contributed by atoms with Gasteiger partial charge >= 0.3 is 0 Å². The number of phenolic OH excluding ortho intramolecular Hbond substituents is 1. The number of nitrogens with one attached hydrogen (secondary N) is 1. The molecule has 0 unspecified atom stereocenters. The summed E-state index contributed by atoms with van der Waals surface area (Å²) < 4.78 is 5.77. The van der Waals surface area contributed by atoms with Crippen molar-refractivity contribution in [2.24, 2.45) is 10.7 Å². The van der Waals surface area contributed by atoms with Gasteiger partial charge in [-0.05, 0) is 40.8 Å². The normalized spacial score (nSPS) is 11.1. The summed E-state index contributed by atoms with van der Waals surface area (Å²) in [6.07, 6.45) is 0. The maximum absolute atomic E-state index is 12.3. The Morgan fingerprint density at radius 2 is 1.62 bits per heavy atom. The Hall–Kier alpha value is -3.93. The summed E-state index contributed by atoms with van der Waals surface area (Å²) in [6.45, 7) is 4.25. The number of para-hydroxylation sites is 1. The molecule has 0 aliphatic rings. The maximum atomic E-state index is 12.3. The van der Waals surface area contributed by atoms with E-state index in [4.69, 9.17) is 10.5 Å². The van der Waals surface area contributed by atoms with Gasteiger partial charge in [0.1, 0.15) is 38.8 Å². The first-order valence-electron chi connectivity index (χ1n) is 10.2. The highest BCUT2D eigenvalue weighted by molar-refractivity contribution is 6.41. The molecule has 8 heteroatoms. The Morgan fingerprint density at radius 3 is 2.25 bits per heavy atom. The van der Waals surface area contributed by atoms with Crippen molar-refractivity contribution in [3.8, 4) is 17.2 Å². The number of hydrogen-bond acceptors (Lipinski definition) is 4. The van der Waals surface area contributed by atoms with Gasteiger partial charge in [-0.3, -0.25) is 9.79 Å². The minimum Gasteiger partial charge on any atom is -0.509 e. The number of ether oxygens (including phenoxy) is 1. The Morgan fingerprint density at radius 1 is 1.03 bits per heavy atom. The van der Waals surface area contributed by atoms with Gasteiger partial charge in [-0.2, -0.15) is 0 Å². The molecule has 0 aliphatic carbocycles. The second kappa shape index (κ2) is 10.4. The zero-order valence-electron chi connectivity index (χ0n) is 18.3. The lowest BCUT2D eigenvalue weighted by atomic mass is 9.84. The number of aliphatic imine (C=N–C) groups is 1. The van der Waals surface area contributed by atoms with Crippen LogP contribution in [-0.2, 0) is 11.3 Å². The highest BCUT2D eigenvalue weighted by Gasteiger charge is 2.09. The van der Waals surface area contributed by atoms with Gasteiger partial charge in [0.15, 0.2) is 0 Å². The molecule has 32 heavy (non-hydrogen) atoms. The Labute approximate surface area is 189 Å². The maximum Gasteiger partial charge on any atom is 0.248 e. The molecule has 3 aromatic carbocycles. The number of benzene rings is 3. The van der Waals surface area contributed by atoms with Gasteiger partial charge in [0, 0.05) is 17.7 Å². The Kier molecular flexibility index (Phi) is 7.39. The molecule has 0 heterocycles. The van der Waals surface area contributed by atoms with Crippen molar-refractivity contribution < 1.29 is 14.6 Å². The molecule has 3 aromatic rings. The lowest BCUT2D eigenvalue weighted by Crippen LogP contribution is -2.26. The second-order valence-electron chi connectivity index (χ2n) is 7.51. The van der Waals surface area contributed by atoms with E-state index in [-0.39, 0.29) is 18.2 Å². The fraction of sp³-hybridized carbons (Fsp3) is 0.0833. The number of carbonyl (C=O) groups is 1. The number of phenols is 1. The third-order valence-electron chi connectivity index (χ3n) is 4.90. The van der Waals surface area contributed by atoms with Crippen molar-refractivity contribution in [1.29, 1.82) is 0 Å². The zero-order valence-corrected chi connectivity index (χ0v) is 18.3. The van der Waals surface area contributed by atoms with E-state index in [1.165, 1.54) is 0 Å². The Bertz CT molecular complexity index is 1120. The SMILES string of the molecule is Bc1cc(/C(N)=N/CC(=C)C(=O)NCc2ccc(Oc3ccccc3)cc2)cc(B)c1O. The average Bonchev–Trinajstić information content (AvgIpc) is 2.80. The van der Waals surface area contributed by atoms with Crippen LogP contribution in [-0.4, -0.2) is 39.1 Å². The van der Waals surface area contributed by atoms with Gasteiger partial charge in [0.05, 0.1) is 6.54 Å². The molecule has 3 rings (SSSR count). The number of rotatable bonds is 8. The number of nitrogens with two attached hydrogens (primary N) is 1. The van der Waals surface area contributed by atoms with Crippen LogP contribution < -0.4 is 26.7 Å². The molecule has 0 bridgehead atoms. The van der Waals surface area contributed by atoms with Crippen LogP contribution in [0.4, 0.5) is 0 Å². The summed E-state index contributed by atoms with van der Waals surface area (Å²) in [5.74, 6) is 1.73. The standard InChI is InChI=1S/C24H25B2N3O3/c1-15(13-28-23(27)17-11-20(25)22(30)21(26)12-17)24(31)29-14-16-7-9-19(10-8-16)32-18-5-3-2-4-6-18/h2-12,30H,1,13-14,25-26H2,(H2,27,28)(H,29,31). The number of aromatic hydroxyl groups is 1. The van der Waals surface area contributed by atoms with Crippen molar-refractivity contribution in [2.45, 2.75) is 6.54 Å². The van der Waals surface area contributed by atoms with Crippen molar-refractivity contribution in [2.75, 3.05) is 6.54 Å². The van der Waals surface area contributed by atoms with E-state index in [0.717, 1.165) is 28.0 Å². The third kappa shape index (κ3) is 6.04. The van der Waals surface area contributed by atoms with Crippen molar-refractivity contribution in [1.82, 2.24) is 5.32 Å². The predicted octanol–water partition coefficient (Wildman–Crippen LogP) is 0.279. The Balaban J connectivity index is 1.51. The van der Waals surface area contributed by atoms with Crippen LogP contribution in [0.1, 0.15) is 11.1 Å². The molecule has 0 aromatic heterocycles. The van der Waals surface area contributed by atoms with Crippen LogP contribution >= 0.6 is 0 Å². The molecule has 0 fully saturated rings. The fourth-order valence-corrected chi connectivity index (χ4v) is 3.05. The summed E-state index contributed by atoms with van der Waals surface area (Å²) in [7, 11) is 3.59. The van der Waals surface area contributed by atoms with Gasteiger partial charge < -0.3 is 20.9 Å². The van der Waals surface area contributed by atoms with Crippen molar-refractivity contribution in [3.05, 3.63) is 90.0 Å². The van der Waals surface area contributed by atoms with Crippen LogP contribution in [0.15, 0.2) is 83.9 Å². The molecule has 6 nitrogen and oxygen atoms in total. The lowest BCUT2D eigenvalue weighted by Gasteiger charge is -2.10. The number of carbonyl (C=O) groups excluding carboxylic acids is 1. The number of hydrogen-bond donors (Lipinski definition) is 3. The highest BCUT2D eigenvalue weighted by atomic mass is 16.5. The van der Waals surface area contributed by atoms with E-state index in [2.05, 4.69) is 16.9 Å². The third-order valence-corrected chi connectivity index (χ3v) is 4.90. The van der Waals surface area contributed by atoms with Crippen molar-refractivity contribution >= 4 is 38.4 Å². The van der Waals surface area contributed by atoms with E-state index < -0.39 is 0 Å². The minimum absolute atomic E-state index is 0.0838. The molecule has 0 radical (unpaired) electrons. The minimum atomic E-state index is -0.288. The summed E-state index contributed by atoms with van der Waals surface area (Å²) in [5.41, 5.74) is 9.43. The van der Waals surface area contributed by atoms with E-state index in [0.29, 0.717) is 23.5 Å². The van der Waals surface area contributed by atoms with Crippen LogP contribution in [0.25, 0.3) is 0 Å². The molecular formula is C24H25B2N3O3. The van der Waals surface area contributed by atoms with E-state index in [9.17, 15) is 9.90 Å². The second-order valence-corrected chi connectivity index (χ2v) is 7.51. The van der Waals surface area contributed by atoms with Crippen molar-refractivity contribution in [3.63, 3.8) is 0 Å². The van der Waals surface area contributed by atoms with E-state index >= 15 is 0 Å². The molecule has 0 aliphatic heterocycles. The topological polar surface area (TPSA) is 96.9 Å². The lowest BCUT2D eigenvalue weighted by molar-refractivity contribution is -0.117. The number of nitrogens with zero attached hydrogens (tertiary/aromatic N) is 1. The van der Waals surface area contributed by atoms with Gasteiger partial charge in [-0.25, -0.2) is 0 Å². The molecule has 0 spiro atoms. The number of amidine groups is 1. The summed E-state index contributed by atoms with van der Waals surface area (Å²) in [4.78, 5) is 16.6. The summed E-state index contributed by atoms with van der Waals surface area (Å²) in [5, 5.41) is 12.7. The summed E-state index contributed by atoms with van der Waals surface area (Å²) >= 11 is 0. The first kappa shape index (κ1) is 22.7. The highest BCUT2D eigenvalue weighted by Crippen LogP contribution is 2.21. The monoisotopic (exact) mass is 425 g/mol. The van der Waals surface area contributed by atoms with E-state index in [1.54, 1.807) is 27.8 Å². The molecular weight excluding hydrogens is 400 g/mol. The van der Waals surface area contributed by atoms with Gasteiger partial charge in [0.2, 0.25) is 5.91 Å². The first-order chi connectivity index (χ1) is 15.3. The van der Waals surface area contributed by atoms with E-state index in [1.807, 2.05) is 54.6 Å². The largest absolute Gasteiger partial charge is 0.509 e. The summed E-state index contributed by atoms with van der Waals surface area (Å²) in [6, 6.07) is 20.6. The van der Waals surface area contributed by atoms with Crippen LogP contribution in [0.5, 0.6) is 17.2 Å². The zero-order chi connectivity index (χ0) is 23.1. The van der Waals surface area contributed by atoms with Gasteiger partial charge in [-0.1, -0.05) is 49.0 Å². The van der Waals surface area contributed by atoms with Crippen LogP contribution in [0, 0.1) is 0 Å². The van der Waals surface area contributed by atoms with Gasteiger partial charge in [-0.15, -0.1) is 0 Å². The van der Waals surface area contributed by atoms with Gasteiger partial charge in [0.25, 0.3) is 0 Å². The van der Waals surface area contributed by atoms with Crippen LogP contribution in [0.2, 0.25) is 0 Å². The number of amides is 1. The predicted molar refractivity (Wildman–Crippen MR) is 134 cm³/mol. The molecule has 1 amide bonds. The molecule has 0 atom stereocenters. The average molecular weight is 425 g/mol. The molecule has 160 valence electrons. The molecule has 4 N–H and O–H groups in total. The quantitative estimate of drug-likeness (QED) is 0.209. The molecule has 0 saturated heterocycles.